The number of hydrogen-bond donors (Lipinski definition) is 0. The first-order valence-corrected chi connectivity index (χ1v) is 6.24. The van der Waals surface area contributed by atoms with Crippen LogP contribution in [0.3, 0.4) is 0 Å². The van der Waals surface area contributed by atoms with Gasteiger partial charge in [0.2, 0.25) is 5.91 Å². The summed E-state index contributed by atoms with van der Waals surface area (Å²) in [6.07, 6.45) is 0. The summed E-state index contributed by atoms with van der Waals surface area (Å²) in [6, 6.07) is 0. The van der Waals surface area contributed by atoms with Crippen molar-refractivity contribution in [2.45, 2.75) is 27.7 Å². The van der Waals surface area contributed by atoms with Gasteiger partial charge in [0, 0.05) is 13.1 Å². The molecule has 0 atom stereocenters. The molecular weight excluding hydrogens is 220 g/mol. The van der Waals surface area contributed by atoms with E-state index in [0.29, 0.717) is 26.2 Å². The van der Waals surface area contributed by atoms with E-state index in [-0.39, 0.29) is 25.0 Å². The molecule has 5 nitrogen and oxygen atoms in total. The summed E-state index contributed by atoms with van der Waals surface area (Å²) in [4.78, 5) is 26.7. The van der Waals surface area contributed by atoms with Gasteiger partial charge in [-0.05, 0) is 27.3 Å². The molecule has 100 valence electrons. The summed E-state index contributed by atoms with van der Waals surface area (Å²) in [5, 5.41) is 0. The van der Waals surface area contributed by atoms with Gasteiger partial charge in [-0.15, -0.1) is 0 Å². The molecule has 0 fully saturated rings. The number of carbonyl (C=O) groups is 2. The van der Waals surface area contributed by atoms with Crippen molar-refractivity contribution in [2.75, 3.05) is 39.3 Å². The molecule has 0 aliphatic rings. The van der Waals surface area contributed by atoms with Gasteiger partial charge in [-0.1, -0.05) is 6.92 Å². The van der Waals surface area contributed by atoms with Gasteiger partial charge >= 0.3 is 5.97 Å². The zero-order valence-corrected chi connectivity index (χ0v) is 11.4. The second-order valence-electron chi connectivity index (χ2n) is 3.67. The minimum atomic E-state index is -0.276. The molecule has 0 unspecified atom stereocenters. The van der Waals surface area contributed by atoms with Gasteiger partial charge in [0.1, 0.15) is 0 Å². The van der Waals surface area contributed by atoms with Crippen molar-refractivity contribution < 1.29 is 14.3 Å². The maximum Gasteiger partial charge on any atom is 0.320 e. The first kappa shape index (κ1) is 15.9. The number of ether oxygens (including phenoxy) is 1. The average molecular weight is 244 g/mol. The predicted molar refractivity (Wildman–Crippen MR) is 66.7 cm³/mol. The number of amides is 1. The van der Waals surface area contributed by atoms with Gasteiger partial charge < -0.3 is 9.64 Å². The lowest BCUT2D eigenvalue weighted by Gasteiger charge is -2.24. The lowest BCUT2D eigenvalue weighted by molar-refractivity contribution is -0.145. The number of hydrogen-bond acceptors (Lipinski definition) is 4. The highest BCUT2D eigenvalue weighted by Gasteiger charge is 2.16. The smallest absolute Gasteiger partial charge is 0.320 e. The minimum Gasteiger partial charge on any atom is -0.465 e. The molecule has 17 heavy (non-hydrogen) atoms. The Morgan fingerprint density at radius 3 is 1.94 bits per heavy atom. The third-order valence-electron chi connectivity index (χ3n) is 2.58. The van der Waals surface area contributed by atoms with E-state index in [1.165, 1.54) is 0 Å². The van der Waals surface area contributed by atoms with Crippen molar-refractivity contribution in [2.24, 2.45) is 0 Å². The molecule has 0 aromatic heterocycles. The normalized spacial score (nSPS) is 10.4. The van der Waals surface area contributed by atoms with Crippen LogP contribution in [-0.2, 0) is 14.3 Å². The first-order chi connectivity index (χ1) is 8.08. The summed E-state index contributed by atoms with van der Waals surface area (Å²) >= 11 is 0. The van der Waals surface area contributed by atoms with E-state index in [2.05, 4.69) is 0 Å². The quantitative estimate of drug-likeness (QED) is 0.591. The Morgan fingerprint density at radius 2 is 1.53 bits per heavy atom. The number of nitrogens with zero attached hydrogens (tertiary/aromatic N) is 2. The van der Waals surface area contributed by atoms with Crippen LogP contribution in [0.1, 0.15) is 27.7 Å². The lowest BCUT2D eigenvalue weighted by Crippen LogP contribution is -2.42. The van der Waals surface area contributed by atoms with Crippen LogP contribution in [0.2, 0.25) is 0 Å². The number of rotatable bonds is 8. The first-order valence-electron chi connectivity index (χ1n) is 6.24. The average Bonchev–Trinajstić information content (AvgIpc) is 2.30. The summed E-state index contributed by atoms with van der Waals surface area (Å²) in [7, 11) is 0. The summed E-state index contributed by atoms with van der Waals surface area (Å²) in [5.41, 5.74) is 0. The Balaban J connectivity index is 4.20. The van der Waals surface area contributed by atoms with Crippen LogP contribution < -0.4 is 0 Å². The Kier molecular flexibility index (Phi) is 8.40. The monoisotopic (exact) mass is 244 g/mol. The summed E-state index contributed by atoms with van der Waals surface area (Å²) < 4.78 is 4.86. The molecule has 0 aliphatic carbocycles. The second-order valence-corrected chi connectivity index (χ2v) is 3.67. The molecule has 0 heterocycles. The Hall–Kier alpha value is -1.10. The molecule has 0 bridgehead atoms. The molecule has 0 aromatic rings. The van der Waals surface area contributed by atoms with Gasteiger partial charge in [0.25, 0.3) is 0 Å². The molecular formula is C12H24N2O3. The van der Waals surface area contributed by atoms with E-state index in [0.717, 1.165) is 0 Å². The zero-order chi connectivity index (χ0) is 13.3. The van der Waals surface area contributed by atoms with Crippen LogP contribution in [0, 0.1) is 0 Å². The van der Waals surface area contributed by atoms with Crippen LogP contribution in [0.5, 0.6) is 0 Å². The van der Waals surface area contributed by atoms with Crippen LogP contribution in [-0.4, -0.2) is 61.0 Å². The van der Waals surface area contributed by atoms with Crippen LogP contribution in [0.4, 0.5) is 0 Å². The highest BCUT2D eigenvalue weighted by atomic mass is 16.5. The van der Waals surface area contributed by atoms with Crippen molar-refractivity contribution >= 4 is 11.9 Å². The van der Waals surface area contributed by atoms with Crippen molar-refractivity contribution in [3.8, 4) is 0 Å². The molecule has 0 aromatic carbocycles. The third kappa shape index (κ3) is 6.26. The molecule has 0 spiro atoms. The molecule has 0 saturated carbocycles. The number of esters is 1. The van der Waals surface area contributed by atoms with Gasteiger partial charge in [-0.25, -0.2) is 0 Å². The molecule has 0 aliphatic heterocycles. The van der Waals surface area contributed by atoms with Crippen LogP contribution >= 0.6 is 0 Å². The highest BCUT2D eigenvalue weighted by Crippen LogP contribution is 1.95. The van der Waals surface area contributed by atoms with E-state index in [4.69, 9.17) is 4.74 Å². The van der Waals surface area contributed by atoms with Gasteiger partial charge in [0.15, 0.2) is 0 Å². The molecule has 0 N–H and O–H groups in total. The van der Waals surface area contributed by atoms with Gasteiger partial charge in [0.05, 0.1) is 19.7 Å². The van der Waals surface area contributed by atoms with E-state index < -0.39 is 0 Å². The fourth-order valence-electron chi connectivity index (χ4n) is 1.54. The van der Waals surface area contributed by atoms with Crippen molar-refractivity contribution in [3.05, 3.63) is 0 Å². The minimum absolute atomic E-state index is 0.0566. The summed E-state index contributed by atoms with van der Waals surface area (Å²) in [6.45, 7) is 10.5. The summed E-state index contributed by atoms with van der Waals surface area (Å²) in [5.74, 6) is -0.220. The third-order valence-corrected chi connectivity index (χ3v) is 2.58. The Labute approximate surface area is 104 Å². The predicted octanol–water partition coefficient (Wildman–Crippen LogP) is 0.740. The van der Waals surface area contributed by atoms with Gasteiger partial charge in [-0.2, -0.15) is 0 Å². The Bertz CT molecular complexity index is 240. The van der Waals surface area contributed by atoms with E-state index in [1.54, 1.807) is 16.7 Å². The number of carbonyl (C=O) groups excluding carboxylic acids is 2. The second kappa shape index (κ2) is 8.98. The fourth-order valence-corrected chi connectivity index (χ4v) is 1.54. The molecule has 0 saturated heterocycles. The van der Waals surface area contributed by atoms with Gasteiger partial charge in [-0.3, -0.25) is 14.5 Å². The van der Waals surface area contributed by atoms with E-state index >= 15 is 0 Å². The maximum absolute atomic E-state index is 11.8. The molecule has 0 radical (unpaired) electrons. The largest absolute Gasteiger partial charge is 0.465 e. The van der Waals surface area contributed by atoms with E-state index in [1.807, 2.05) is 20.8 Å². The lowest BCUT2D eigenvalue weighted by atomic mass is 10.4. The van der Waals surface area contributed by atoms with E-state index in [9.17, 15) is 9.59 Å². The highest BCUT2D eigenvalue weighted by molar-refractivity contribution is 5.79. The van der Waals surface area contributed by atoms with Crippen LogP contribution in [0.15, 0.2) is 0 Å². The molecule has 1 amide bonds. The van der Waals surface area contributed by atoms with Crippen LogP contribution in [0.25, 0.3) is 0 Å². The topological polar surface area (TPSA) is 49.9 Å². The van der Waals surface area contributed by atoms with Crippen molar-refractivity contribution in [1.82, 2.24) is 9.80 Å². The number of likely N-dealkylation sites (N-methyl/N-ethyl adjacent to an activating group) is 2. The van der Waals surface area contributed by atoms with Crippen molar-refractivity contribution in [3.63, 3.8) is 0 Å². The van der Waals surface area contributed by atoms with Crippen molar-refractivity contribution in [1.29, 1.82) is 0 Å². The zero-order valence-electron chi connectivity index (χ0n) is 11.4. The standard InChI is InChI=1S/C12H24N2O3/c1-5-13(10-12(16)17-8-4)9-11(15)14(6-2)7-3/h5-10H2,1-4H3. The SMILES string of the molecule is CCOC(=O)CN(CC)CC(=O)N(CC)CC. The maximum atomic E-state index is 11.8. The Morgan fingerprint density at radius 1 is 0.941 bits per heavy atom. The fraction of sp³-hybridized carbons (Fsp3) is 0.833. The molecule has 5 heteroatoms. The molecule has 0 rings (SSSR count).